The van der Waals surface area contributed by atoms with Crippen molar-refractivity contribution in [1.29, 1.82) is 0 Å². The summed E-state index contributed by atoms with van der Waals surface area (Å²) in [6.45, 7) is 1.36. The third kappa shape index (κ3) is 4.88. The standard InChI is InChI=1S/C18H22N2O3.ClH/c1-22-15-8-9-17(23-2)16(12-15)18(21)20(11-10-19)13-14-6-4-3-5-7-14;/h3-9,12H,10-11,13,19H2,1-2H3;1H. The van der Waals surface area contributed by atoms with Crippen molar-refractivity contribution in [2.24, 2.45) is 5.73 Å². The second-order valence-electron chi connectivity index (χ2n) is 5.07. The van der Waals surface area contributed by atoms with Crippen LogP contribution in [0.3, 0.4) is 0 Å². The fourth-order valence-electron chi connectivity index (χ4n) is 2.36. The van der Waals surface area contributed by atoms with Crippen molar-refractivity contribution < 1.29 is 14.3 Å². The topological polar surface area (TPSA) is 64.8 Å². The number of nitrogens with zero attached hydrogens (tertiary/aromatic N) is 1. The van der Waals surface area contributed by atoms with Crippen LogP contribution in [0.25, 0.3) is 0 Å². The van der Waals surface area contributed by atoms with Gasteiger partial charge in [-0.05, 0) is 23.8 Å². The predicted octanol–water partition coefficient (Wildman–Crippen LogP) is 2.73. The quantitative estimate of drug-likeness (QED) is 0.833. The summed E-state index contributed by atoms with van der Waals surface area (Å²) in [6, 6.07) is 15.0. The van der Waals surface area contributed by atoms with Gasteiger partial charge in [-0.1, -0.05) is 30.3 Å². The highest BCUT2D eigenvalue weighted by Crippen LogP contribution is 2.25. The molecule has 6 heteroatoms. The van der Waals surface area contributed by atoms with Gasteiger partial charge in [-0.2, -0.15) is 0 Å². The van der Waals surface area contributed by atoms with Gasteiger partial charge in [0.2, 0.25) is 0 Å². The molecule has 0 aliphatic rings. The van der Waals surface area contributed by atoms with Crippen molar-refractivity contribution >= 4 is 18.3 Å². The first-order chi connectivity index (χ1) is 11.2. The summed E-state index contributed by atoms with van der Waals surface area (Å²) in [5.74, 6) is 1.00. The van der Waals surface area contributed by atoms with E-state index in [-0.39, 0.29) is 18.3 Å². The van der Waals surface area contributed by atoms with Gasteiger partial charge in [0, 0.05) is 19.6 Å². The van der Waals surface area contributed by atoms with Gasteiger partial charge in [0.05, 0.1) is 19.8 Å². The van der Waals surface area contributed by atoms with Crippen LogP contribution in [-0.2, 0) is 6.54 Å². The lowest BCUT2D eigenvalue weighted by Crippen LogP contribution is -2.35. The van der Waals surface area contributed by atoms with E-state index < -0.39 is 0 Å². The van der Waals surface area contributed by atoms with Crippen molar-refractivity contribution in [2.45, 2.75) is 6.54 Å². The van der Waals surface area contributed by atoms with Crippen LogP contribution in [0.1, 0.15) is 15.9 Å². The maximum atomic E-state index is 12.9. The van der Waals surface area contributed by atoms with Gasteiger partial charge in [0.25, 0.3) is 5.91 Å². The van der Waals surface area contributed by atoms with E-state index in [1.807, 2.05) is 30.3 Å². The first kappa shape index (κ1) is 19.8. The third-order valence-corrected chi connectivity index (χ3v) is 3.54. The number of rotatable bonds is 7. The molecule has 0 saturated carbocycles. The molecule has 130 valence electrons. The highest BCUT2D eigenvalue weighted by atomic mass is 35.5. The Labute approximate surface area is 148 Å². The first-order valence-electron chi connectivity index (χ1n) is 7.45. The average molecular weight is 351 g/mol. The van der Waals surface area contributed by atoms with E-state index in [1.54, 1.807) is 37.3 Å². The second-order valence-corrected chi connectivity index (χ2v) is 5.07. The van der Waals surface area contributed by atoms with Gasteiger partial charge in [-0.15, -0.1) is 12.4 Å². The lowest BCUT2D eigenvalue weighted by Gasteiger charge is -2.23. The van der Waals surface area contributed by atoms with Crippen LogP contribution in [0.5, 0.6) is 11.5 Å². The van der Waals surface area contributed by atoms with Crippen LogP contribution in [0, 0.1) is 0 Å². The van der Waals surface area contributed by atoms with Crippen molar-refractivity contribution in [3.05, 3.63) is 59.7 Å². The SMILES string of the molecule is COc1ccc(OC)c(C(=O)N(CCN)Cc2ccccc2)c1.Cl. The van der Waals surface area contributed by atoms with E-state index in [0.717, 1.165) is 5.56 Å². The Morgan fingerprint density at radius 2 is 1.79 bits per heavy atom. The summed E-state index contributed by atoms with van der Waals surface area (Å²) in [5, 5.41) is 0. The molecule has 1 amide bonds. The second kappa shape index (κ2) is 9.80. The van der Waals surface area contributed by atoms with Crippen molar-refractivity contribution in [1.82, 2.24) is 4.90 Å². The van der Waals surface area contributed by atoms with E-state index in [1.165, 1.54) is 0 Å². The molecule has 0 heterocycles. The number of hydrogen-bond acceptors (Lipinski definition) is 4. The van der Waals surface area contributed by atoms with Crippen LogP contribution < -0.4 is 15.2 Å². The molecule has 0 aliphatic heterocycles. The number of carbonyl (C=O) groups excluding carboxylic acids is 1. The monoisotopic (exact) mass is 350 g/mol. The molecule has 24 heavy (non-hydrogen) atoms. The maximum absolute atomic E-state index is 12.9. The van der Waals surface area contributed by atoms with Gasteiger partial charge >= 0.3 is 0 Å². The van der Waals surface area contributed by atoms with Crippen LogP contribution in [0.4, 0.5) is 0 Å². The Morgan fingerprint density at radius 1 is 1.08 bits per heavy atom. The molecule has 0 bridgehead atoms. The minimum atomic E-state index is -0.130. The molecule has 2 aromatic carbocycles. The third-order valence-electron chi connectivity index (χ3n) is 3.54. The normalized spacial score (nSPS) is 9.79. The van der Waals surface area contributed by atoms with Gasteiger partial charge in [-0.3, -0.25) is 4.79 Å². The van der Waals surface area contributed by atoms with E-state index in [2.05, 4.69) is 0 Å². The molecule has 0 radical (unpaired) electrons. The molecule has 2 aromatic rings. The van der Waals surface area contributed by atoms with E-state index in [4.69, 9.17) is 15.2 Å². The zero-order chi connectivity index (χ0) is 16.7. The summed E-state index contributed by atoms with van der Waals surface area (Å²) in [7, 11) is 3.11. The Bertz CT molecular complexity index is 650. The zero-order valence-corrected chi connectivity index (χ0v) is 14.7. The fraction of sp³-hybridized carbons (Fsp3) is 0.278. The van der Waals surface area contributed by atoms with Gasteiger partial charge in [-0.25, -0.2) is 0 Å². The van der Waals surface area contributed by atoms with Crippen molar-refractivity contribution in [3.8, 4) is 11.5 Å². The van der Waals surface area contributed by atoms with E-state index in [0.29, 0.717) is 36.7 Å². The minimum absolute atomic E-state index is 0. The number of amides is 1. The van der Waals surface area contributed by atoms with E-state index >= 15 is 0 Å². The first-order valence-corrected chi connectivity index (χ1v) is 7.45. The molecule has 0 atom stereocenters. The van der Waals surface area contributed by atoms with Gasteiger partial charge < -0.3 is 20.1 Å². The number of carbonyl (C=O) groups is 1. The lowest BCUT2D eigenvalue weighted by atomic mass is 10.1. The average Bonchev–Trinajstić information content (AvgIpc) is 2.61. The molecule has 0 fully saturated rings. The zero-order valence-electron chi connectivity index (χ0n) is 13.9. The maximum Gasteiger partial charge on any atom is 0.258 e. The molecular formula is C18H23ClN2O3. The Balaban J connectivity index is 0.00000288. The molecule has 0 spiro atoms. The number of halogens is 1. The number of nitrogens with two attached hydrogens (primary N) is 1. The summed E-state index contributed by atoms with van der Waals surface area (Å²) in [4.78, 5) is 14.6. The van der Waals surface area contributed by atoms with Crippen LogP contribution in [0.15, 0.2) is 48.5 Å². The molecule has 0 aliphatic carbocycles. The molecular weight excluding hydrogens is 328 g/mol. The molecule has 0 unspecified atom stereocenters. The van der Waals surface area contributed by atoms with Gasteiger partial charge in [0.1, 0.15) is 11.5 Å². The van der Waals surface area contributed by atoms with Crippen LogP contribution >= 0.6 is 12.4 Å². The summed E-state index contributed by atoms with van der Waals surface area (Å²) < 4.78 is 10.5. The molecule has 0 saturated heterocycles. The molecule has 2 N–H and O–H groups in total. The Morgan fingerprint density at radius 3 is 2.38 bits per heavy atom. The van der Waals surface area contributed by atoms with Gasteiger partial charge in [0.15, 0.2) is 0 Å². The van der Waals surface area contributed by atoms with Crippen LogP contribution in [-0.4, -0.2) is 38.1 Å². The Hall–Kier alpha value is -2.24. The highest BCUT2D eigenvalue weighted by molar-refractivity contribution is 5.97. The summed E-state index contributed by atoms with van der Waals surface area (Å²) >= 11 is 0. The number of methoxy groups -OCH3 is 2. The number of hydrogen-bond donors (Lipinski definition) is 1. The fourth-order valence-corrected chi connectivity index (χ4v) is 2.36. The predicted molar refractivity (Wildman–Crippen MR) is 97.0 cm³/mol. The molecule has 2 rings (SSSR count). The van der Waals surface area contributed by atoms with Crippen LogP contribution in [0.2, 0.25) is 0 Å². The number of benzene rings is 2. The lowest BCUT2D eigenvalue weighted by molar-refractivity contribution is 0.0744. The van der Waals surface area contributed by atoms with Crippen molar-refractivity contribution in [3.63, 3.8) is 0 Å². The largest absolute Gasteiger partial charge is 0.497 e. The summed E-state index contributed by atoms with van der Waals surface area (Å²) in [5.41, 5.74) is 7.20. The van der Waals surface area contributed by atoms with Crippen molar-refractivity contribution in [2.75, 3.05) is 27.3 Å². The summed E-state index contributed by atoms with van der Waals surface area (Å²) in [6.07, 6.45) is 0. The minimum Gasteiger partial charge on any atom is -0.497 e. The smallest absolute Gasteiger partial charge is 0.258 e. The Kier molecular flexibility index (Phi) is 8.09. The highest BCUT2D eigenvalue weighted by Gasteiger charge is 2.20. The molecule has 5 nitrogen and oxygen atoms in total. The van der Waals surface area contributed by atoms with E-state index in [9.17, 15) is 4.79 Å². The molecule has 0 aromatic heterocycles. The number of ether oxygens (including phenoxy) is 2.